The van der Waals surface area contributed by atoms with Crippen molar-refractivity contribution >= 4 is 5.91 Å². The van der Waals surface area contributed by atoms with Crippen LogP contribution in [0.15, 0.2) is 73.1 Å². The SMILES string of the molecule is CCN(CC)C(CNC(=O)c1ccc(Oc2cccnc2)cc1)c1cccc(OC)c1. The van der Waals surface area contributed by atoms with Crippen molar-refractivity contribution < 1.29 is 14.3 Å². The van der Waals surface area contributed by atoms with E-state index in [-0.39, 0.29) is 11.9 Å². The molecule has 3 rings (SSSR count). The average Bonchev–Trinajstić information content (AvgIpc) is 2.82. The minimum absolute atomic E-state index is 0.0576. The molecule has 162 valence electrons. The molecule has 0 aliphatic rings. The number of amides is 1. The van der Waals surface area contributed by atoms with Crippen molar-refractivity contribution in [1.82, 2.24) is 15.2 Å². The Hall–Kier alpha value is -3.38. The number of carbonyl (C=O) groups excluding carboxylic acids is 1. The lowest BCUT2D eigenvalue weighted by atomic mass is 10.0. The summed E-state index contributed by atoms with van der Waals surface area (Å²) in [5.74, 6) is 2.00. The maximum Gasteiger partial charge on any atom is 0.251 e. The average molecular weight is 420 g/mol. The van der Waals surface area contributed by atoms with Gasteiger partial charge in [-0.25, -0.2) is 0 Å². The Morgan fingerprint density at radius 2 is 1.74 bits per heavy atom. The molecule has 0 saturated heterocycles. The number of ether oxygens (including phenoxy) is 2. The van der Waals surface area contributed by atoms with E-state index in [0.717, 1.165) is 24.4 Å². The number of pyridine rings is 1. The van der Waals surface area contributed by atoms with Gasteiger partial charge in [-0.2, -0.15) is 0 Å². The smallest absolute Gasteiger partial charge is 0.251 e. The third-order valence-corrected chi connectivity index (χ3v) is 5.17. The van der Waals surface area contributed by atoms with Crippen molar-refractivity contribution in [2.45, 2.75) is 19.9 Å². The summed E-state index contributed by atoms with van der Waals surface area (Å²) in [5.41, 5.74) is 1.70. The topological polar surface area (TPSA) is 63.7 Å². The van der Waals surface area contributed by atoms with Gasteiger partial charge in [0, 0.05) is 18.3 Å². The number of benzene rings is 2. The number of nitrogens with zero attached hydrogens (tertiary/aromatic N) is 2. The minimum atomic E-state index is -0.118. The third kappa shape index (κ3) is 6.06. The zero-order valence-electron chi connectivity index (χ0n) is 18.2. The first-order valence-electron chi connectivity index (χ1n) is 10.5. The maximum atomic E-state index is 12.8. The first-order chi connectivity index (χ1) is 15.1. The molecule has 31 heavy (non-hydrogen) atoms. The standard InChI is InChI=1S/C25H29N3O3/c1-4-28(5-2)24(20-8-6-9-22(16-20)30-3)18-27-25(29)19-11-13-21(14-12-19)31-23-10-7-15-26-17-23/h6-17,24H,4-5,18H2,1-3H3,(H,27,29). The first kappa shape index (κ1) is 22.3. The van der Waals surface area contributed by atoms with Gasteiger partial charge in [0.25, 0.3) is 5.91 Å². The fourth-order valence-corrected chi connectivity index (χ4v) is 3.48. The van der Waals surface area contributed by atoms with Crippen molar-refractivity contribution in [2.75, 3.05) is 26.7 Å². The summed E-state index contributed by atoms with van der Waals surface area (Å²) in [4.78, 5) is 19.1. The second-order valence-electron chi connectivity index (χ2n) is 7.04. The maximum absolute atomic E-state index is 12.8. The molecule has 0 radical (unpaired) electrons. The van der Waals surface area contributed by atoms with E-state index in [1.165, 1.54) is 0 Å². The minimum Gasteiger partial charge on any atom is -0.497 e. The summed E-state index contributed by atoms with van der Waals surface area (Å²) in [6, 6.07) is 18.8. The predicted octanol–water partition coefficient (Wildman–Crippen LogP) is 4.70. The van der Waals surface area contributed by atoms with Crippen LogP contribution < -0.4 is 14.8 Å². The lowest BCUT2D eigenvalue weighted by Crippen LogP contribution is -2.38. The molecule has 0 fully saturated rings. The number of aromatic nitrogens is 1. The van der Waals surface area contributed by atoms with E-state index in [1.54, 1.807) is 43.8 Å². The zero-order chi connectivity index (χ0) is 22.1. The van der Waals surface area contributed by atoms with Crippen LogP contribution in [-0.2, 0) is 0 Å². The number of carbonyl (C=O) groups is 1. The molecule has 1 heterocycles. The van der Waals surface area contributed by atoms with Crippen molar-refractivity contribution in [2.24, 2.45) is 0 Å². The largest absolute Gasteiger partial charge is 0.497 e. The molecule has 1 N–H and O–H groups in total. The highest BCUT2D eigenvalue weighted by Gasteiger charge is 2.20. The van der Waals surface area contributed by atoms with Crippen LogP contribution >= 0.6 is 0 Å². The zero-order valence-corrected chi connectivity index (χ0v) is 18.2. The van der Waals surface area contributed by atoms with Crippen molar-refractivity contribution in [1.29, 1.82) is 0 Å². The van der Waals surface area contributed by atoms with Crippen LogP contribution in [0.3, 0.4) is 0 Å². The van der Waals surface area contributed by atoms with Gasteiger partial charge < -0.3 is 14.8 Å². The van der Waals surface area contributed by atoms with Crippen LogP contribution in [-0.4, -0.2) is 42.5 Å². The van der Waals surface area contributed by atoms with Crippen LogP contribution in [0.25, 0.3) is 0 Å². The Morgan fingerprint density at radius 1 is 1.00 bits per heavy atom. The molecule has 0 spiro atoms. The molecule has 0 aliphatic heterocycles. The van der Waals surface area contributed by atoms with Crippen molar-refractivity contribution in [3.63, 3.8) is 0 Å². The molecule has 1 aromatic heterocycles. The van der Waals surface area contributed by atoms with Gasteiger partial charge in [0.05, 0.1) is 19.3 Å². The lowest BCUT2D eigenvalue weighted by Gasteiger charge is -2.30. The summed E-state index contributed by atoms with van der Waals surface area (Å²) in [6.07, 6.45) is 3.34. The van der Waals surface area contributed by atoms with Gasteiger partial charge in [0.2, 0.25) is 0 Å². The molecule has 3 aromatic rings. The van der Waals surface area contributed by atoms with Crippen LogP contribution in [0, 0.1) is 0 Å². The fraction of sp³-hybridized carbons (Fsp3) is 0.280. The van der Waals surface area contributed by atoms with Gasteiger partial charge in [-0.05, 0) is 67.2 Å². The van der Waals surface area contributed by atoms with E-state index in [4.69, 9.17) is 9.47 Å². The van der Waals surface area contributed by atoms with Gasteiger partial charge in [-0.3, -0.25) is 14.7 Å². The quantitative estimate of drug-likeness (QED) is 0.516. The lowest BCUT2D eigenvalue weighted by molar-refractivity contribution is 0.0935. The van der Waals surface area contributed by atoms with Crippen LogP contribution in [0.5, 0.6) is 17.2 Å². The number of rotatable bonds is 10. The molecule has 1 amide bonds. The first-order valence-corrected chi connectivity index (χ1v) is 10.5. The summed E-state index contributed by atoms with van der Waals surface area (Å²) in [5, 5.41) is 3.08. The second-order valence-corrected chi connectivity index (χ2v) is 7.04. The van der Waals surface area contributed by atoms with Gasteiger partial charge in [-0.15, -0.1) is 0 Å². The van der Waals surface area contributed by atoms with Gasteiger partial charge in [0.1, 0.15) is 17.2 Å². The normalized spacial score (nSPS) is 11.7. The predicted molar refractivity (Wildman–Crippen MR) is 122 cm³/mol. The monoisotopic (exact) mass is 419 g/mol. The highest BCUT2D eigenvalue weighted by molar-refractivity contribution is 5.94. The van der Waals surface area contributed by atoms with E-state index < -0.39 is 0 Å². The molecule has 2 aromatic carbocycles. The molecule has 0 bridgehead atoms. The molecule has 1 unspecified atom stereocenters. The Kier molecular flexibility index (Phi) is 8.01. The van der Waals surface area contributed by atoms with E-state index in [1.807, 2.05) is 30.3 Å². The fourth-order valence-electron chi connectivity index (χ4n) is 3.48. The van der Waals surface area contributed by atoms with E-state index in [2.05, 4.69) is 35.1 Å². The van der Waals surface area contributed by atoms with Crippen LogP contribution in [0.4, 0.5) is 0 Å². The van der Waals surface area contributed by atoms with Crippen molar-refractivity contribution in [3.8, 4) is 17.2 Å². The molecule has 6 heteroatoms. The van der Waals surface area contributed by atoms with E-state index in [0.29, 0.717) is 23.6 Å². The summed E-state index contributed by atoms with van der Waals surface area (Å²) in [7, 11) is 1.66. The molecule has 0 saturated carbocycles. The summed E-state index contributed by atoms with van der Waals surface area (Å²) in [6.45, 7) is 6.52. The number of hydrogen-bond acceptors (Lipinski definition) is 5. The Bertz CT molecular complexity index is 957. The molecule has 6 nitrogen and oxygen atoms in total. The van der Waals surface area contributed by atoms with Crippen LogP contribution in [0.1, 0.15) is 35.8 Å². The summed E-state index contributed by atoms with van der Waals surface area (Å²) >= 11 is 0. The number of likely N-dealkylation sites (N-methyl/N-ethyl adjacent to an activating group) is 1. The molecular weight excluding hydrogens is 390 g/mol. The number of methoxy groups -OCH3 is 1. The second kappa shape index (κ2) is 11.1. The van der Waals surface area contributed by atoms with E-state index >= 15 is 0 Å². The highest BCUT2D eigenvalue weighted by atomic mass is 16.5. The van der Waals surface area contributed by atoms with Gasteiger partial charge >= 0.3 is 0 Å². The Labute approximate surface area is 183 Å². The van der Waals surface area contributed by atoms with Gasteiger partial charge in [0.15, 0.2) is 0 Å². The molecular formula is C25H29N3O3. The third-order valence-electron chi connectivity index (χ3n) is 5.17. The van der Waals surface area contributed by atoms with Crippen molar-refractivity contribution in [3.05, 3.63) is 84.2 Å². The summed E-state index contributed by atoms with van der Waals surface area (Å²) < 4.78 is 11.1. The van der Waals surface area contributed by atoms with E-state index in [9.17, 15) is 4.79 Å². The Morgan fingerprint density at radius 3 is 2.39 bits per heavy atom. The van der Waals surface area contributed by atoms with Gasteiger partial charge in [-0.1, -0.05) is 26.0 Å². The highest BCUT2D eigenvalue weighted by Crippen LogP contribution is 2.24. The number of hydrogen-bond donors (Lipinski definition) is 1. The van der Waals surface area contributed by atoms with Crippen LogP contribution in [0.2, 0.25) is 0 Å². The number of nitrogens with one attached hydrogen (secondary N) is 1. The Balaban J connectivity index is 1.67. The molecule has 1 atom stereocenters. The molecule has 0 aliphatic carbocycles.